The van der Waals surface area contributed by atoms with Crippen LogP contribution in [0.4, 0.5) is 5.82 Å². The lowest BCUT2D eigenvalue weighted by Crippen LogP contribution is -2.22. The molecule has 1 aromatic heterocycles. The minimum Gasteiger partial charge on any atom is -0.367 e. The van der Waals surface area contributed by atoms with Crippen LogP contribution in [0.15, 0.2) is 12.4 Å². The van der Waals surface area contributed by atoms with Gasteiger partial charge in [0.05, 0.1) is 0 Å². The van der Waals surface area contributed by atoms with Crippen LogP contribution in [0.5, 0.6) is 0 Å². The summed E-state index contributed by atoms with van der Waals surface area (Å²) in [5, 5.41) is 3.48. The van der Waals surface area contributed by atoms with Crippen LogP contribution in [-0.2, 0) is 0 Å². The maximum absolute atomic E-state index is 4.22. The minimum absolute atomic E-state index is 0.601. The van der Waals surface area contributed by atoms with Crippen LogP contribution in [0, 0.1) is 12.8 Å². The molecular weight excluding hydrogens is 174 g/mol. The number of hydrogen-bond donors (Lipinski definition) is 1. The molecule has 1 fully saturated rings. The Bertz CT molecular complexity index is 311. The van der Waals surface area contributed by atoms with Crippen molar-refractivity contribution in [2.45, 2.75) is 39.2 Å². The fourth-order valence-electron chi connectivity index (χ4n) is 2.08. The summed E-state index contributed by atoms with van der Waals surface area (Å²) in [7, 11) is 0. The van der Waals surface area contributed by atoms with Gasteiger partial charge < -0.3 is 5.32 Å². The summed E-state index contributed by atoms with van der Waals surface area (Å²) in [6, 6.07) is 2.61. The molecule has 0 radical (unpaired) electrons. The molecule has 1 aliphatic carbocycles. The van der Waals surface area contributed by atoms with E-state index in [0.29, 0.717) is 6.04 Å². The second kappa shape index (κ2) is 3.95. The number of nitrogens with zero attached hydrogens (tertiary/aromatic N) is 2. The Kier molecular flexibility index (Phi) is 2.66. The second-order valence-electron chi connectivity index (χ2n) is 4.20. The topological polar surface area (TPSA) is 37.8 Å². The Morgan fingerprint density at radius 1 is 1.36 bits per heavy atom. The van der Waals surface area contributed by atoms with Crippen LogP contribution < -0.4 is 5.32 Å². The summed E-state index contributed by atoms with van der Waals surface area (Å²) in [6.45, 7) is 4.30. The van der Waals surface area contributed by atoms with Crippen LogP contribution in [-0.4, -0.2) is 16.0 Å². The molecule has 1 aliphatic rings. The van der Waals surface area contributed by atoms with Crippen LogP contribution in [0.25, 0.3) is 0 Å². The molecule has 1 saturated carbocycles. The van der Waals surface area contributed by atoms with Gasteiger partial charge >= 0.3 is 0 Å². The number of aryl methyl sites for hydroxylation is 1. The van der Waals surface area contributed by atoms with Crippen molar-refractivity contribution in [1.82, 2.24) is 9.97 Å². The maximum atomic E-state index is 4.22. The molecule has 1 heterocycles. The van der Waals surface area contributed by atoms with Gasteiger partial charge in [0.2, 0.25) is 0 Å². The van der Waals surface area contributed by atoms with Crippen LogP contribution in [0.3, 0.4) is 0 Å². The van der Waals surface area contributed by atoms with Gasteiger partial charge in [-0.05, 0) is 25.7 Å². The molecule has 76 valence electrons. The average Bonchev–Trinajstić information content (AvgIpc) is 2.52. The molecular formula is C11H17N3. The highest BCUT2D eigenvalue weighted by Gasteiger charge is 2.23. The number of aromatic nitrogens is 2. The first-order valence-corrected chi connectivity index (χ1v) is 5.31. The molecule has 3 nitrogen and oxygen atoms in total. The monoisotopic (exact) mass is 191 g/mol. The summed E-state index contributed by atoms with van der Waals surface area (Å²) >= 11 is 0. The van der Waals surface area contributed by atoms with Crippen molar-refractivity contribution in [1.29, 1.82) is 0 Å². The molecule has 2 atom stereocenters. The molecule has 1 aromatic rings. The average molecular weight is 191 g/mol. The van der Waals surface area contributed by atoms with Gasteiger partial charge in [0.15, 0.2) is 0 Å². The third kappa shape index (κ3) is 2.03. The summed E-state index contributed by atoms with van der Waals surface area (Å²) in [6.07, 6.45) is 5.56. The van der Waals surface area contributed by atoms with Crippen molar-refractivity contribution in [3.05, 3.63) is 18.1 Å². The first kappa shape index (κ1) is 9.44. The molecule has 1 N–H and O–H groups in total. The first-order valence-electron chi connectivity index (χ1n) is 5.31. The Balaban J connectivity index is 2.03. The molecule has 0 bridgehead atoms. The highest BCUT2D eigenvalue weighted by Crippen LogP contribution is 2.27. The lowest BCUT2D eigenvalue weighted by Gasteiger charge is -2.17. The molecule has 2 rings (SSSR count). The molecule has 0 aromatic carbocycles. The Morgan fingerprint density at radius 3 is 2.86 bits per heavy atom. The van der Waals surface area contributed by atoms with Crippen molar-refractivity contribution < 1.29 is 0 Å². The lowest BCUT2D eigenvalue weighted by atomic mass is 10.1. The molecule has 0 amide bonds. The van der Waals surface area contributed by atoms with Gasteiger partial charge in [-0.2, -0.15) is 0 Å². The molecule has 14 heavy (non-hydrogen) atoms. The highest BCUT2D eigenvalue weighted by atomic mass is 15.0. The van der Waals surface area contributed by atoms with Crippen molar-refractivity contribution in [2.75, 3.05) is 5.32 Å². The molecule has 3 heteroatoms. The highest BCUT2D eigenvalue weighted by molar-refractivity contribution is 5.36. The quantitative estimate of drug-likeness (QED) is 0.780. The zero-order valence-corrected chi connectivity index (χ0v) is 8.83. The van der Waals surface area contributed by atoms with E-state index in [1.54, 1.807) is 6.33 Å². The van der Waals surface area contributed by atoms with E-state index in [1.165, 1.54) is 19.3 Å². The molecule has 0 saturated heterocycles. The van der Waals surface area contributed by atoms with Gasteiger partial charge in [-0.3, -0.25) is 0 Å². The van der Waals surface area contributed by atoms with Crippen LogP contribution in [0.1, 0.15) is 31.9 Å². The summed E-state index contributed by atoms with van der Waals surface area (Å²) in [4.78, 5) is 8.30. The van der Waals surface area contributed by atoms with E-state index in [0.717, 1.165) is 17.4 Å². The molecule has 2 unspecified atom stereocenters. The van der Waals surface area contributed by atoms with Crippen LogP contribution >= 0.6 is 0 Å². The zero-order chi connectivity index (χ0) is 9.97. The van der Waals surface area contributed by atoms with E-state index in [9.17, 15) is 0 Å². The van der Waals surface area contributed by atoms with Gasteiger partial charge in [-0.1, -0.05) is 13.3 Å². The van der Waals surface area contributed by atoms with E-state index in [1.807, 2.05) is 13.0 Å². The third-order valence-electron chi connectivity index (χ3n) is 3.00. The fraction of sp³-hybridized carbons (Fsp3) is 0.636. The minimum atomic E-state index is 0.601. The lowest BCUT2D eigenvalue weighted by molar-refractivity contribution is 0.554. The van der Waals surface area contributed by atoms with Gasteiger partial charge in [-0.25, -0.2) is 9.97 Å². The SMILES string of the molecule is Cc1cc(NC2CCCC2C)ncn1. The van der Waals surface area contributed by atoms with E-state index < -0.39 is 0 Å². The van der Waals surface area contributed by atoms with Gasteiger partial charge in [-0.15, -0.1) is 0 Å². The number of nitrogens with one attached hydrogen (secondary N) is 1. The Morgan fingerprint density at radius 2 is 2.21 bits per heavy atom. The smallest absolute Gasteiger partial charge is 0.129 e. The van der Waals surface area contributed by atoms with Gasteiger partial charge in [0, 0.05) is 17.8 Å². The summed E-state index contributed by atoms with van der Waals surface area (Å²) in [5.41, 5.74) is 1.02. The fourth-order valence-corrected chi connectivity index (χ4v) is 2.08. The third-order valence-corrected chi connectivity index (χ3v) is 3.00. The van der Waals surface area contributed by atoms with E-state index in [4.69, 9.17) is 0 Å². The van der Waals surface area contributed by atoms with Crippen molar-refractivity contribution in [3.63, 3.8) is 0 Å². The Hall–Kier alpha value is -1.12. The van der Waals surface area contributed by atoms with Crippen molar-refractivity contribution in [2.24, 2.45) is 5.92 Å². The van der Waals surface area contributed by atoms with E-state index in [-0.39, 0.29) is 0 Å². The number of hydrogen-bond acceptors (Lipinski definition) is 3. The van der Waals surface area contributed by atoms with Crippen molar-refractivity contribution >= 4 is 5.82 Å². The molecule has 0 aliphatic heterocycles. The molecule has 0 spiro atoms. The standard InChI is InChI=1S/C11H17N3/c1-8-4-3-5-10(8)14-11-6-9(2)12-7-13-11/h6-8,10H,3-5H2,1-2H3,(H,12,13,14). The number of anilines is 1. The van der Waals surface area contributed by atoms with E-state index >= 15 is 0 Å². The van der Waals surface area contributed by atoms with E-state index in [2.05, 4.69) is 22.2 Å². The van der Waals surface area contributed by atoms with Crippen LogP contribution in [0.2, 0.25) is 0 Å². The normalized spacial score (nSPS) is 26.4. The second-order valence-corrected chi connectivity index (χ2v) is 4.20. The first-order chi connectivity index (χ1) is 6.75. The summed E-state index contributed by atoms with van der Waals surface area (Å²) < 4.78 is 0. The number of rotatable bonds is 2. The Labute approximate surface area is 85.0 Å². The largest absolute Gasteiger partial charge is 0.367 e. The van der Waals surface area contributed by atoms with Crippen molar-refractivity contribution in [3.8, 4) is 0 Å². The summed E-state index contributed by atoms with van der Waals surface area (Å²) in [5.74, 6) is 1.74. The predicted molar refractivity (Wildman–Crippen MR) is 57.2 cm³/mol. The predicted octanol–water partition coefficient (Wildman–Crippen LogP) is 2.39. The van der Waals surface area contributed by atoms with Gasteiger partial charge in [0.25, 0.3) is 0 Å². The zero-order valence-electron chi connectivity index (χ0n) is 8.83. The maximum Gasteiger partial charge on any atom is 0.129 e. The van der Waals surface area contributed by atoms with Gasteiger partial charge in [0.1, 0.15) is 12.1 Å².